The van der Waals surface area contributed by atoms with Gasteiger partial charge in [-0.15, -0.1) is 0 Å². The molecule has 8 nitrogen and oxygen atoms in total. The van der Waals surface area contributed by atoms with E-state index in [1.54, 1.807) is 0 Å². The zero-order valence-electron chi connectivity index (χ0n) is 18.8. The minimum Gasteiger partial charge on any atom is -0.399 e. The van der Waals surface area contributed by atoms with Crippen molar-refractivity contribution in [1.82, 2.24) is 15.1 Å². The number of halogens is 1. The van der Waals surface area contributed by atoms with Gasteiger partial charge in [-0.3, -0.25) is 14.6 Å². The lowest BCUT2D eigenvalue weighted by molar-refractivity contribution is -0.119. The zero-order valence-corrected chi connectivity index (χ0v) is 18.8. The number of aliphatic imine (C=N–C) groups is 1. The number of hydrogen-bond donors (Lipinski definition) is 3. The Bertz CT molecular complexity index is 894. The van der Waals surface area contributed by atoms with Crippen LogP contribution < -0.4 is 16.8 Å². The lowest BCUT2D eigenvalue weighted by atomic mass is 9.97. The lowest BCUT2D eigenvalue weighted by Gasteiger charge is -2.31. The Kier molecular flexibility index (Phi) is 6.54. The third-order valence-electron chi connectivity index (χ3n) is 6.59. The van der Waals surface area contributed by atoms with E-state index in [0.29, 0.717) is 12.1 Å². The van der Waals surface area contributed by atoms with Gasteiger partial charge in [-0.05, 0) is 59.7 Å². The number of carbonyl (C=O) groups is 2. The van der Waals surface area contributed by atoms with Crippen LogP contribution in [0, 0.1) is 0 Å². The number of piperidine rings is 1. The lowest BCUT2D eigenvalue weighted by Crippen LogP contribution is -2.36. The average Bonchev–Trinajstić information content (AvgIpc) is 2.88. The first kappa shape index (κ1) is 23.0. The molecule has 170 valence electrons. The Morgan fingerprint density at radius 2 is 1.90 bits per heavy atom. The summed E-state index contributed by atoms with van der Waals surface area (Å²) in [6.45, 7) is 5.86. The molecule has 0 aromatic carbocycles. The van der Waals surface area contributed by atoms with E-state index in [1.807, 2.05) is 32.8 Å². The fourth-order valence-corrected chi connectivity index (χ4v) is 4.21. The largest absolute Gasteiger partial charge is 0.399 e. The molecule has 1 amide bonds. The molecule has 3 aliphatic heterocycles. The van der Waals surface area contributed by atoms with Gasteiger partial charge < -0.3 is 26.6 Å². The molecule has 0 atom stereocenters. The molecule has 2 fully saturated rings. The fraction of sp³-hybridized carbons (Fsp3) is 0.591. The molecule has 0 aliphatic carbocycles. The average molecular weight is 433 g/mol. The Balaban J connectivity index is 1.90. The summed E-state index contributed by atoms with van der Waals surface area (Å²) >= 11 is 0. The summed E-state index contributed by atoms with van der Waals surface area (Å²) in [6, 6.07) is -0.0134. The van der Waals surface area contributed by atoms with Crippen molar-refractivity contribution in [3.63, 3.8) is 0 Å². The van der Waals surface area contributed by atoms with Gasteiger partial charge in [0, 0.05) is 36.5 Å². The molecule has 3 rings (SSSR count). The van der Waals surface area contributed by atoms with Crippen LogP contribution in [0.3, 0.4) is 0 Å². The van der Waals surface area contributed by atoms with Crippen molar-refractivity contribution in [2.24, 2.45) is 16.5 Å². The highest BCUT2D eigenvalue weighted by molar-refractivity contribution is 6.26. The van der Waals surface area contributed by atoms with Gasteiger partial charge in [0.2, 0.25) is 0 Å². The number of primary amides is 1. The van der Waals surface area contributed by atoms with Gasteiger partial charge in [0.05, 0.1) is 11.7 Å². The van der Waals surface area contributed by atoms with Crippen molar-refractivity contribution in [2.45, 2.75) is 57.5 Å². The topological polar surface area (TPSA) is 117 Å². The third-order valence-corrected chi connectivity index (χ3v) is 6.59. The fourth-order valence-electron chi connectivity index (χ4n) is 4.21. The van der Waals surface area contributed by atoms with Gasteiger partial charge in [-0.25, -0.2) is 4.39 Å². The van der Waals surface area contributed by atoms with Crippen molar-refractivity contribution in [3.8, 4) is 0 Å². The number of rotatable bonds is 4. The van der Waals surface area contributed by atoms with E-state index in [2.05, 4.69) is 15.2 Å². The quantitative estimate of drug-likeness (QED) is 0.350. The number of likely N-dealkylation sites (tertiary alicyclic amines) is 2. The predicted molar refractivity (Wildman–Crippen MR) is 118 cm³/mol. The number of allylic oxidation sites excluding steroid dienone is 2. The Labute approximate surface area is 182 Å². The van der Waals surface area contributed by atoms with Crippen LogP contribution in [0.4, 0.5) is 4.39 Å². The molecule has 0 spiro atoms. The van der Waals surface area contributed by atoms with Gasteiger partial charge >= 0.3 is 0 Å². The predicted octanol–water partition coefficient (Wildman–Crippen LogP) is 1.31. The van der Waals surface area contributed by atoms with Crippen molar-refractivity contribution >= 4 is 17.5 Å². The van der Waals surface area contributed by atoms with Crippen LogP contribution >= 0.6 is 0 Å². The molecular weight excluding hydrogens is 399 g/mol. The molecule has 0 saturated carbocycles. The van der Waals surface area contributed by atoms with E-state index in [1.165, 1.54) is 6.20 Å². The standard InChI is InChI=1S/C22H33FN6O2/c1-22(2)8-5-16(29(22)4)17(20(25)31)19(30)13-11-15(24)18(23)21(26-12-13)27-14-6-9-28(3)10-7-14/h12,14H,5-11,24H2,1-4H3,(H2,25,31)(H,26,27)/b17-16+. The molecule has 0 radical (unpaired) electrons. The summed E-state index contributed by atoms with van der Waals surface area (Å²) in [5.41, 5.74) is 12.0. The van der Waals surface area contributed by atoms with Crippen LogP contribution in [0.15, 0.2) is 39.6 Å². The molecule has 0 aromatic heterocycles. The van der Waals surface area contributed by atoms with Crippen molar-refractivity contribution in [2.75, 3.05) is 27.2 Å². The van der Waals surface area contributed by atoms with E-state index >= 15 is 0 Å². The van der Waals surface area contributed by atoms with E-state index in [4.69, 9.17) is 11.5 Å². The summed E-state index contributed by atoms with van der Waals surface area (Å²) in [7, 11) is 3.89. The highest BCUT2D eigenvalue weighted by atomic mass is 19.1. The van der Waals surface area contributed by atoms with Crippen molar-refractivity contribution < 1.29 is 14.0 Å². The van der Waals surface area contributed by atoms with Crippen molar-refractivity contribution in [3.05, 3.63) is 34.6 Å². The van der Waals surface area contributed by atoms with E-state index in [-0.39, 0.29) is 40.7 Å². The first-order chi connectivity index (χ1) is 14.5. The van der Waals surface area contributed by atoms with Gasteiger partial charge in [0.15, 0.2) is 17.4 Å². The normalized spacial score (nSPS) is 25.9. The summed E-state index contributed by atoms with van der Waals surface area (Å²) < 4.78 is 14.9. The number of nitrogens with one attached hydrogen (secondary N) is 1. The second-order valence-electron chi connectivity index (χ2n) is 9.23. The van der Waals surface area contributed by atoms with Crippen LogP contribution in [0.25, 0.3) is 0 Å². The van der Waals surface area contributed by atoms with Crippen molar-refractivity contribution in [1.29, 1.82) is 0 Å². The van der Waals surface area contributed by atoms with Crippen LogP contribution in [-0.2, 0) is 9.59 Å². The van der Waals surface area contributed by atoms with Crippen LogP contribution in [0.5, 0.6) is 0 Å². The van der Waals surface area contributed by atoms with Gasteiger partial charge in [0.1, 0.15) is 5.57 Å². The van der Waals surface area contributed by atoms with Gasteiger partial charge in [-0.2, -0.15) is 0 Å². The number of ketones is 1. The molecule has 0 aromatic rings. The number of amides is 1. The number of amidine groups is 1. The maximum Gasteiger partial charge on any atom is 0.254 e. The van der Waals surface area contributed by atoms with Gasteiger partial charge in [-0.1, -0.05) is 0 Å². The molecule has 0 bridgehead atoms. The number of nitrogens with zero attached hydrogens (tertiary/aromatic N) is 3. The minimum absolute atomic E-state index is 0.0134. The molecule has 3 heterocycles. The zero-order chi connectivity index (χ0) is 22.9. The highest BCUT2D eigenvalue weighted by Gasteiger charge is 2.37. The number of Topliss-reactive ketones (excluding diaryl/α,β-unsaturated/α-hetero) is 1. The molecule has 9 heteroatoms. The molecule has 0 unspecified atom stereocenters. The van der Waals surface area contributed by atoms with E-state index in [9.17, 15) is 14.0 Å². The minimum atomic E-state index is -0.794. The van der Waals surface area contributed by atoms with E-state index < -0.39 is 17.5 Å². The second-order valence-corrected chi connectivity index (χ2v) is 9.23. The highest BCUT2D eigenvalue weighted by Crippen LogP contribution is 2.37. The molecule has 3 aliphatic rings. The first-order valence-corrected chi connectivity index (χ1v) is 10.7. The smallest absolute Gasteiger partial charge is 0.254 e. The monoisotopic (exact) mass is 432 g/mol. The number of nitrogens with two attached hydrogens (primary N) is 2. The third kappa shape index (κ3) is 4.81. The second kappa shape index (κ2) is 8.82. The molecule has 5 N–H and O–H groups in total. The Morgan fingerprint density at radius 3 is 2.45 bits per heavy atom. The molecule has 2 saturated heterocycles. The Morgan fingerprint density at radius 1 is 1.26 bits per heavy atom. The summed E-state index contributed by atoms with van der Waals surface area (Å²) in [6.07, 6.45) is 4.29. The molecule has 31 heavy (non-hydrogen) atoms. The van der Waals surface area contributed by atoms with Crippen LogP contribution in [-0.4, -0.2) is 66.1 Å². The number of carbonyl (C=O) groups excluding carboxylic acids is 2. The summed E-state index contributed by atoms with van der Waals surface area (Å²) in [5.74, 6) is -1.96. The van der Waals surface area contributed by atoms with Gasteiger partial charge in [0.25, 0.3) is 5.91 Å². The van der Waals surface area contributed by atoms with Crippen LogP contribution in [0.2, 0.25) is 0 Å². The first-order valence-electron chi connectivity index (χ1n) is 10.7. The summed E-state index contributed by atoms with van der Waals surface area (Å²) in [4.78, 5) is 34.1. The van der Waals surface area contributed by atoms with E-state index in [0.717, 1.165) is 32.4 Å². The SMILES string of the molecule is CN1CCC(N=C2NC=C(C(=O)/C(C(N)=O)=C3/CCC(C)(C)N3C)CC(N)=C2F)CC1. The maximum atomic E-state index is 14.9. The Hall–Kier alpha value is -2.68. The summed E-state index contributed by atoms with van der Waals surface area (Å²) in [5, 5.41) is 2.82. The number of hydrogen-bond acceptors (Lipinski definition) is 6. The molecular formula is C22H33FN6O2. The van der Waals surface area contributed by atoms with Crippen LogP contribution in [0.1, 0.15) is 46.0 Å². The maximum absolute atomic E-state index is 14.9.